The number of carbonyl (C=O) groups excluding carboxylic acids is 2. The molecule has 0 fully saturated rings. The van der Waals surface area contributed by atoms with Crippen LogP contribution in [0.2, 0.25) is 0 Å². The Kier molecular flexibility index (Phi) is 7.24. The van der Waals surface area contributed by atoms with Gasteiger partial charge in [0.15, 0.2) is 0 Å². The highest BCUT2D eigenvalue weighted by molar-refractivity contribution is 9.10. The second kappa shape index (κ2) is 9.41. The zero-order valence-electron chi connectivity index (χ0n) is 15.7. The third-order valence-corrected chi connectivity index (χ3v) is 4.49. The van der Waals surface area contributed by atoms with Crippen LogP contribution in [0.5, 0.6) is 11.5 Å². The third-order valence-electron chi connectivity index (χ3n) is 3.96. The van der Waals surface area contributed by atoms with Crippen molar-refractivity contribution in [2.45, 2.75) is 19.9 Å². The van der Waals surface area contributed by atoms with Gasteiger partial charge in [0.25, 0.3) is 5.91 Å². The molecular weight excluding hydrogens is 412 g/mol. The Morgan fingerprint density at radius 2 is 1.52 bits per heavy atom. The summed E-state index contributed by atoms with van der Waals surface area (Å²) in [6, 6.07) is 11.4. The predicted molar refractivity (Wildman–Crippen MR) is 108 cm³/mol. The fourth-order valence-corrected chi connectivity index (χ4v) is 2.72. The molecule has 0 saturated heterocycles. The number of methoxy groups -OCH3 is 2. The van der Waals surface area contributed by atoms with E-state index in [1.165, 1.54) is 14.2 Å². The molecule has 2 rings (SSSR count). The zero-order chi connectivity index (χ0) is 20.0. The van der Waals surface area contributed by atoms with E-state index >= 15 is 0 Å². The number of benzene rings is 2. The molecule has 2 N–H and O–H groups in total. The lowest BCUT2D eigenvalue weighted by Gasteiger charge is -2.22. The van der Waals surface area contributed by atoms with Gasteiger partial charge in [-0.2, -0.15) is 0 Å². The minimum Gasteiger partial charge on any atom is -0.497 e. The van der Waals surface area contributed by atoms with E-state index in [0.717, 1.165) is 4.47 Å². The van der Waals surface area contributed by atoms with Gasteiger partial charge in [0.1, 0.15) is 17.5 Å². The molecule has 0 aliphatic rings. The second-order valence-electron chi connectivity index (χ2n) is 6.29. The van der Waals surface area contributed by atoms with Gasteiger partial charge < -0.3 is 20.1 Å². The van der Waals surface area contributed by atoms with Crippen LogP contribution in [0.1, 0.15) is 24.2 Å². The molecule has 1 atom stereocenters. The maximum Gasteiger partial charge on any atom is 0.252 e. The van der Waals surface area contributed by atoms with Gasteiger partial charge in [-0.25, -0.2) is 0 Å². The predicted octanol–water partition coefficient (Wildman–Crippen LogP) is 3.86. The van der Waals surface area contributed by atoms with Gasteiger partial charge in [0.05, 0.1) is 14.2 Å². The summed E-state index contributed by atoms with van der Waals surface area (Å²) in [5, 5.41) is 5.62. The van der Waals surface area contributed by atoms with Crippen molar-refractivity contribution in [1.82, 2.24) is 5.32 Å². The first-order valence-electron chi connectivity index (χ1n) is 8.44. The van der Waals surface area contributed by atoms with Crippen LogP contribution in [-0.2, 0) is 4.79 Å². The summed E-state index contributed by atoms with van der Waals surface area (Å²) in [6.07, 6.45) is 0. The summed E-state index contributed by atoms with van der Waals surface area (Å²) >= 11 is 3.36. The minimum absolute atomic E-state index is 0.100. The molecular formula is C20H23BrN2O4. The van der Waals surface area contributed by atoms with Crippen molar-refractivity contribution in [2.75, 3.05) is 19.5 Å². The highest BCUT2D eigenvalue weighted by Crippen LogP contribution is 2.23. The van der Waals surface area contributed by atoms with E-state index in [9.17, 15) is 9.59 Å². The van der Waals surface area contributed by atoms with Crippen molar-refractivity contribution in [2.24, 2.45) is 5.92 Å². The summed E-state index contributed by atoms with van der Waals surface area (Å²) in [5.74, 6) is 0.240. The lowest BCUT2D eigenvalue weighted by atomic mass is 10.0. The average Bonchev–Trinajstić information content (AvgIpc) is 2.66. The van der Waals surface area contributed by atoms with E-state index < -0.39 is 6.04 Å². The van der Waals surface area contributed by atoms with Crippen LogP contribution in [-0.4, -0.2) is 32.1 Å². The number of anilines is 1. The average molecular weight is 435 g/mol. The molecule has 0 aliphatic heterocycles. The number of hydrogen-bond acceptors (Lipinski definition) is 4. The van der Waals surface area contributed by atoms with Crippen molar-refractivity contribution >= 4 is 33.4 Å². The van der Waals surface area contributed by atoms with Gasteiger partial charge >= 0.3 is 0 Å². The Labute approximate surface area is 167 Å². The molecule has 1 unspecified atom stereocenters. The Morgan fingerprint density at radius 1 is 0.963 bits per heavy atom. The van der Waals surface area contributed by atoms with Gasteiger partial charge in [-0.05, 0) is 42.3 Å². The first-order valence-corrected chi connectivity index (χ1v) is 9.23. The Hall–Kier alpha value is -2.54. The van der Waals surface area contributed by atoms with E-state index in [-0.39, 0.29) is 17.7 Å². The van der Waals surface area contributed by atoms with Gasteiger partial charge in [-0.1, -0.05) is 29.8 Å². The second-order valence-corrected chi connectivity index (χ2v) is 7.21. The Morgan fingerprint density at radius 3 is 2.00 bits per heavy atom. The number of rotatable bonds is 7. The normalized spacial score (nSPS) is 11.6. The number of hydrogen-bond donors (Lipinski definition) is 2. The maximum absolute atomic E-state index is 12.7. The first-order chi connectivity index (χ1) is 12.8. The van der Waals surface area contributed by atoms with E-state index in [0.29, 0.717) is 22.7 Å². The molecule has 2 aromatic carbocycles. The number of amides is 2. The fraction of sp³-hybridized carbons (Fsp3) is 0.300. The smallest absolute Gasteiger partial charge is 0.252 e. The number of ether oxygens (including phenoxy) is 2. The van der Waals surface area contributed by atoms with E-state index in [4.69, 9.17) is 9.47 Å². The van der Waals surface area contributed by atoms with Crippen LogP contribution in [0.3, 0.4) is 0 Å². The molecule has 27 heavy (non-hydrogen) atoms. The molecule has 0 heterocycles. The summed E-state index contributed by atoms with van der Waals surface area (Å²) in [4.78, 5) is 25.4. The van der Waals surface area contributed by atoms with Crippen molar-refractivity contribution < 1.29 is 19.1 Å². The SMILES string of the molecule is COc1cc(OC)cc(C(=O)NC(C(=O)Nc2ccc(Br)cc2)C(C)C)c1. The van der Waals surface area contributed by atoms with Crippen LogP contribution < -0.4 is 20.1 Å². The number of nitrogens with one attached hydrogen (secondary N) is 2. The molecule has 0 aliphatic carbocycles. The third kappa shape index (κ3) is 5.72. The molecule has 144 valence electrons. The lowest BCUT2D eigenvalue weighted by Crippen LogP contribution is -2.47. The topological polar surface area (TPSA) is 76.7 Å². The highest BCUT2D eigenvalue weighted by Gasteiger charge is 2.25. The molecule has 2 aromatic rings. The lowest BCUT2D eigenvalue weighted by molar-refractivity contribution is -0.118. The molecule has 0 saturated carbocycles. The maximum atomic E-state index is 12.7. The quantitative estimate of drug-likeness (QED) is 0.693. The minimum atomic E-state index is -0.696. The molecule has 6 nitrogen and oxygen atoms in total. The van der Waals surface area contributed by atoms with Gasteiger partial charge in [-0.3, -0.25) is 9.59 Å². The molecule has 0 aromatic heterocycles. The first kappa shape index (κ1) is 20.8. The summed E-state index contributed by atoms with van der Waals surface area (Å²) < 4.78 is 11.3. The van der Waals surface area contributed by atoms with Gasteiger partial charge in [0, 0.05) is 21.8 Å². The number of carbonyl (C=O) groups is 2. The van der Waals surface area contributed by atoms with E-state index in [2.05, 4.69) is 26.6 Å². The Balaban J connectivity index is 2.16. The Bertz CT molecular complexity index is 784. The van der Waals surface area contributed by atoms with Crippen molar-refractivity contribution in [1.29, 1.82) is 0 Å². The monoisotopic (exact) mass is 434 g/mol. The molecule has 7 heteroatoms. The standard InChI is InChI=1S/C20H23BrN2O4/c1-12(2)18(20(25)22-15-7-5-14(21)6-8-15)23-19(24)13-9-16(26-3)11-17(10-13)27-4/h5-12,18H,1-4H3,(H,22,25)(H,23,24). The van der Waals surface area contributed by atoms with E-state index in [1.54, 1.807) is 30.3 Å². The van der Waals surface area contributed by atoms with Crippen molar-refractivity contribution in [3.05, 3.63) is 52.5 Å². The summed E-state index contributed by atoms with van der Waals surface area (Å²) in [5.41, 5.74) is 1.01. The fourth-order valence-electron chi connectivity index (χ4n) is 2.45. The van der Waals surface area contributed by atoms with E-state index in [1.807, 2.05) is 26.0 Å². The summed E-state index contributed by atoms with van der Waals surface area (Å²) in [6.45, 7) is 3.75. The molecule has 2 amide bonds. The van der Waals surface area contributed by atoms with Crippen molar-refractivity contribution in [3.8, 4) is 11.5 Å². The van der Waals surface area contributed by atoms with Crippen LogP contribution in [0.25, 0.3) is 0 Å². The van der Waals surface area contributed by atoms with Crippen LogP contribution in [0.15, 0.2) is 46.9 Å². The largest absolute Gasteiger partial charge is 0.497 e. The molecule has 0 radical (unpaired) electrons. The zero-order valence-corrected chi connectivity index (χ0v) is 17.3. The summed E-state index contributed by atoms with van der Waals surface area (Å²) in [7, 11) is 3.03. The van der Waals surface area contributed by atoms with Crippen LogP contribution in [0, 0.1) is 5.92 Å². The molecule has 0 bridgehead atoms. The van der Waals surface area contributed by atoms with Crippen LogP contribution >= 0.6 is 15.9 Å². The van der Waals surface area contributed by atoms with Crippen LogP contribution in [0.4, 0.5) is 5.69 Å². The molecule has 0 spiro atoms. The highest BCUT2D eigenvalue weighted by atomic mass is 79.9. The van der Waals surface area contributed by atoms with Gasteiger partial charge in [-0.15, -0.1) is 0 Å². The number of halogens is 1. The van der Waals surface area contributed by atoms with Gasteiger partial charge in [0.2, 0.25) is 5.91 Å². The van der Waals surface area contributed by atoms with Crippen molar-refractivity contribution in [3.63, 3.8) is 0 Å².